The number of hydrogen-bond acceptors (Lipinski definition) is 3. The average Bonchev–Trinajstić information content (AvgIpc) is 2.81. The summed E-state index contributed by atoms with van der Waals surface area (Å²) in [6.07, 6.45) is 6.21. The van der Waals surface area contributed by atoms with Crippen LogP contribution in [0.15, 0.2) is 54.6 Å². The lowest BCUT2D eigenvalue weighted by molar-refractivity contribution is -0.139. The van der Waals surface area contributed by atoms with Crippen LogP contribution in [0.4, 0.5) is 0 Å². The molecule has 0 unspecified atom stereocenters. The van der Waals surface area contributed by atoms with E-state index in [4.69, 9.17) is 11.6 Å². The highest BCUT2D eigenvalue weighted by atomic mass is 35.5. The van der Waals surface area contributed by atoms with E-state index in [1.807, 2.05) is 61.5 Å². The van der Waals surface area contributed by atoms with Gasteiger partial charge in [-0.15, -0.1) is 11.8 Å². The smallest absolute Gasteiger partial charge is 0.243 e. The first-order chi connectivity index (χ1) is 15.6. The van der Waals surface area contributed by atoms with Crippen LogP contribution in [-0.4, -0.2) is 34.6 Å². The topological polar surface area (TPSA) is 49.4 Å². The van der Waals surface area contributed by atoms with Gasteiger partial charge in [-0.2, -0.15) is 0 Å². The highest BCUT2D eigenvalue weighted by Crippen LogP contribution is 2.23. The molecule has 2 aromatic carbocycles. The van der Waals surface area contributed by atoms with Crippen molar-refractivity contribution in [2.24, 2.45) is 0 Å². The van der Waals surface area contributed by atoms with Gasteiger partial charge in [-0.3, -0.25) is 9.59 Å². The first kappa shape index (κ1) is 24.7. The van der Waals surface area contributed by atoms with Gasteiger partial charge in [0.25, 0.3) is 0 Å². The van der Waals surface area contributed by atoms with Gasteiger partial charge >= 0.3 is 0 Å². The molecule has 32 heavy (non-hydrogen) atoms. The SMILES string of the molecule is CC[C@@H](C(=O)NC1CCCCC1)N(Cc1ccccc1)C(=O)CSCc1ccccc1Cl. The number of halogens is 1. The van der Waals surface area contributed by atoms with E-state index in [2.05, 4.69) is 5.32 Å². The van der Waals surface area contributed by atoms with Crippen LogP contribution in [0, 0.1) is 0 Å². The third-order valence-electron chi connectivity index (χ3n) is 5.97. The van der Waals surface area contributed by atoms with E-state index in [0.717, 1.165) is 36.8 Å². The summed E-state index contributed by atoms with van der Waals surface area (Å²) < 4.78 is 0. The van der Waals surface area contributed by atoms with Crippen molar-refractivity contribution in [3.8, 4) is 0 Å². The number of nitrogens with one attached hydrogen (secondary N) is 1. The fourth-order valence-corrected chi connectivity index (χ4v) is 5.39. The fourth-order valence-electron chi connectivity index (χ4n) is 4.19. The third-order valence-corrected chi connectivity index (χ3v) is 7.31. The summed E-state index contributed by atoms with van der Waals surface area (Å²) in [5.41, 5.74) is 2.05. The molecule has 0 saturated heterocycles. The lowest BCUT2D eigenvalue weighted by Crippen LogP contribution is -2.52. The van der Waals surface area contributed by atoms with Crippen LogP contribution in [0.3, 0.4) is 0 Å². The number of benzene rings is 2. The van der Waals surface area contributed by atoms with E-state index in [-0.39, 0.29) is 17.9 Å². The molecule has 4 nitrogen and oxygen atoms in total. The van der Waals surface area contributed by atoms with Gasteiger partial charge in [0, 0.05) is 23.4 Å². The predicted molar refractivity (Wildman–Crippen MR) is 134 cm³/mol. The van der Waals surface area contributed by atoms with Crippen molar-refractivity contribution in [3.63, 3.8) is 0 Å². The van der Waals surface area contributed by atoms with Crippen LogP contribution < -0.4 is 5.32 Å². The van der Waals surface area contributed by atoms with Gasteiger partial charge in [-0.1, -0.05) is 86.3 Å². The molecule has 3 rings (SSSR count). The van der Waals surface area contributed by atoms with Gasteiger partial charge in [-0.05, 0) is 36.5 Å². The van der Waals surface area contributed by atoms with Crippen LogP contribution in [0.5, 0.6) is 0 Å². The minimum absolute atomic E-state index is 0.0171. The highest BCUT2D eigenvalue weighted by Gasteiger charge is 2.30. The van der Waals surface area contributed by atoms with Crippen LogP contribution in [0.1, 0.15) is 56.6 Å². The average molecular weight is 473 g/mol. The minimum atomic E-state index is -0.467. The molecule has 0 radical (unpaired) electrons. The number of thioether (sulfide) groups is 1. The Bertz CT molecular complexity index is 871. The summed E-state index contributed by atoms with van der Waals surface area (Å²) in [4.78, 5) is 28.3. The molecule has 1 aliphatic carbocycles. The Kier molecular flexibility index (Phi) is 9.94. The second kappa shape index (κ2) is 12.9. The van der Waals surface area contributed by atoms with Crippen LogP contribution in [-0.2, 0) is 21.9 Å². The van der Waals surface area contributed by atoms with Crippen molar-refractivity contribution in [2.75, 3.05) is 5.75 Å². The molecule has 1 aliphatic rings. The second-order valence-electron chi connectivity index (χ2n) is 8.36. The van der Waals surface area contributed by atoms with E-state index >= 15 is 0 Å². The maximum atomic E-state index is 13.3. The summed E-state index contributed by atoms with van der Waals surface area (Å²) in [5.74, 6) is 0.928. The van der Waals surface area contributed by atoms with Crippen molar-refractivity contribution in [1.29, 1.82) is 0 Å². The molecule has 1 saturated carbocycles. The molecular formula is C26H33ClN2O2S. The molecule has 6 heteroatoms. The van der Waals surface area contributed by atoms with Crippen molar-refractivity contribution < 1.29 is 9.59 Å². The van der Waals surface area contributed by atoms with Crippen LogP contribution in [0.2, 0.25) is 5.02 Å². The lowest BCUT2D eigenvalue weighted by Gasteiger charge is -2.32. The number of rotatable bonds is 10. The third kappa shape index (κ3) is 7.28. The molecule has 1 atom stereocenters. The molecule has 2 aromatic rings. The number of nitrogens with zero attached hydrogens (tertiary/aromatic N) is 1. The van der Waals surface area contributed by atoms with Gasteiger partial charge in [-0.25, -0.2) is 0 Å². The molecule has 172 valence electrons. The Balaban J connectivity index is 1.68. The standard InChI is InChI=1S/C26H33ClN2O2S/c1-2-24(26(31)28-22-14-7-4-8-15-22)29(17-20-11-5-3-6-12-20)25(30)19-32-18-21-13-9-10-16-23(21)27/h3,5-6,9-13,16,22,24H,2,4,7-8,14-15,17-19H2,1H3,(H,28,31)/t24-/m0/s1. The fraction of sp³-hybridized carbons (Fsp3) is 0.462. The Morgan fingerprint density at radius 2 is 1.75 bits per heavy atom. The van der Waals surface area contributed by atoms with E-state index in [0.29, 0.717) is 29.5 Å². The van der Waals surface area contributed by atoms with Gasteiger partial charge in [0.05, 0.1) is 5.75 Å². The molecule has 2 amide bonds. The number of carbonyl (C=O) groups excluding carboxylic acids is 2. The molecule has 0 aromatic heterocycles. The van der Waals surface area contributed by atoms with Crippen LogP contribution >= 0.6 is 23.4 Å². The predicted octanol–water partition coefficient (Wildman–Crippen LogP) is 5.83. The summed E-state index contributed by atoms with van der Waals surface area (Å²) in [5, 5.41) is 3.94. The first-order valence-corrected chi connectivity index (χ1v) is 13.1. The van der Waals surface area contributed by atoms with Gasteiger partial charge in [0.2, 0.25) is 11.8 Å². The quantitative estimate of drug-likeness (QED) is 0.473. The normalized spacial score (nSPS) is 15.2. The summed E-state index contributed by atoms with van der Waals surface area (Å²) in [7, 11) is 0. The number of amides is 2. The van der Waals surface area contributed by atoms with Gasteiger partial charge in [0.1, 0.15) is 6.04 Å². The monoisotopic (exact) mass is 472 g/mol. The van der Waals surface area contributed by atoms with E-state index in [9.17, 15) is 9.59 Å². The van der Waals surface area contributed by atoms with Crippen molar-refractivity contribution in [1.82, 2.24) is 10.2 Å². The summed E-state index contributed by atoms with van der Waals surface area (Å²) in [6, 6.07) is 17.4. The summed E-state index contributed by atoms with van der Waals surface area (Å²) >= 11 is 7.79. The Hall–Kier alpha value is -1.98. The van der Waals surface area contributed by atoms with E-state index in [1.165, 1.54) is 18.2 Å². The van der Waals surface area contributed by atoms with E-state index < -0.39 is 6.04 Å². The molecule has 0 bridgehead atoms. The maximum absolute atomic E-state index is 13.3. The van der Waals surface area contributed by atoms with Gasteiger partial charge in [0.15, 0.2) is 0 Å². The van der Waals surface area contributed by atoms with E-state index in [1.54, 1.807) is 4.90 Å². The zero-order chi connectivity index (χ0) is 22.8. The molecule has 0 heterocycles. The molecular weight excluding hydrogens is 440 g/mol. The van der Waals surface area contributed by atoms with Crippen molar-refractivity contribution >= 4 is 35.2 Å². The maximum Gasteiger partial charge on any atom is 0.243 e. The van der Waals surface area contributed by atoms with Gasteiger partial charge < -0.3 is 10.2 Å². The Labute approximate surface area is 201 Å². The Morgan fingerprint density at radius 1 is 1.06 bits per heavy atom. The van der Waals surface area contributed by atoms with Crippen LogP contribution in [0.25, 0.3) is 0 Å². The molecule has 0 spiro atoms. The Morgan fingerprint density at radius 3 is 2.44 bits per heavy atom. The largest absolute Gasteiger partial charge is 0.352 e. The number of carbonyl (C=O) groups is 2. The first-order valence-electron chi connectivity index (χ1n) is 11.5. The summed E-state index contributed by atoms with van der Waals surface area (Å²) in [6.45, 7) is 2.41. The molecule has 1 N–H and O–H groups in total. The van der Waals surface area contributed by atoms with Crippen molar-refractivity contribution in [3.05, 3.63) is 70.7 Å². The molecule has 1 fully saturated rings. The number of hydrogen-bond donors (Lipinski definition) is 1. The van der Waals surface area contributed by atoms with Crippen molar-refractivity contribution in [2.45, 2.75) is 69.8 Å². The molecule has 0 aliphatic heterocycles. The zero-order valence-electron chi connectivity index (χ0n) is 18.8. The highest BCUT2D eigenvalue weighted by molar-refractivity contribution is 7.99. The zero-order valence-corrected chi connectivity index (χ0v) is 20.3. The minimum Gasteiger partial charge on any atom is -0.352 e. The lowest BCUT2D eigenvalue weighted by atomic mass is 9.95. The second-order valence-corrected chi connectivity index (χ2v) is 9.75.